The number of nitrogens with one attached hydrogen (secondary N) is 1. The summed E-state index contributed by atoms with van der Waals surface area (Å²) in [6.45, 7) is 1.53. The van der Waals surface area contributed by atoms with Crippen molar-refractivity contribution in [3.63, 3.8) is 0 Å². The third kappa shape index (κ3) is 2.14. The van der Waals surface area contributed by atoms with Gasteiger partial charge in [0.15, 0.2) is 0 Å². The van der Waals surface area contributed by atoms with Crippen LogP contribution in [-0.2, 0) is 4.74 Å². The lowest BCUT2D eigenvalue weighted by atomic mass is 10.2. The van der Waals surface area contributed by atoms with Crippen LogP contribution < -0.4 is 5.32 Å². The SMILES string of the molecule is Clc1cccc(Cl)c1NC1CCOC1. The molecule has 1 aliphatic rings. The lowest BCUT2D eigenvalue weighted by Gasteiger charge is -2.14. The molecule has 0 amide bonds. The molecule has 0 aromatic heterocycles. The van der Waals surface area contributed by atoms with Crippen LogP contribution in [0.25, 0.3) is 0 Å². The molecule has 4 heteroatoms. The van der Waals surface area contributed by atoms with Gasteiger partial charge in [0.1, 0.15) is 0 Å². The molecule has 1 fully saturated rings. The Hall–Kier alpha value is -0.440. The van der Waals surface area contributed by atoms with E-state index in [-0.39, 0.29) is 0 Å². The average Bonchev–Trinajstić information content (AvgIpc) is 2.64. The number of para-hydroxylation sites is 1. The first kappa shape index (κ1) is 10.1. The van der Waals surface area contributed by atoms with Gasteiger partial charge in [-0.25, -0.2) is 0 Å². The molecule has 0 radical (unpaired) electrons. The monoisotopic (exact) mass is 231 g/mol. The van der Waals surface area contributed by atoms with E-state index < -0.39 is 0 Å². The van der Waals surface area contributed by atoms with Crippen molar-refractivity contribution in [2.75, 3.05) is 18.5 Å². The molecule has 1 N–H and O–H groups in total. The fourth-order valence-electron chi connectivity index (χ4n) is 1.49. The molecular weight excluding hydrogens is 221 g/mol. The number of rotatable bonds is 2. The van der Waals surface area contributed by atoms with Gasteiger partial charge in [0.2, 0.25) is 0 Å². The molecule has 1 aromatic carbocycles. The third-order valence-corrected chi connectivity index (χ3v) is 2.87. The average molecular weight is 232 g/mol. The van der Waals surface area contributed by atoms with Crippen LogP contribution in [0.2, 0.25) is 10.0 Å². The molecule has 2 nitrogen and oxygen atoms in total. The Balaban J connectivity index is 2.14. The Morgan fingerprint density at radius 3 is 2.57 bits per heavy atom. The Morgan fingerprint density at radius 2 is 2.00 bits per heavy atom. The molecule has 1 aromatic rings. The summed E-state index contributed by atoms with van der Waals surface area (Å²) in [7, 11) is 0. The highest BCUT2D eigenvalue weighted by molar-refractivity contribution is 6.39. The number of halogens is 2. The van der Waals surface area contributed by atoms with Crippen LogP contribution in [0.4, 0.5) is 5.69 Å². The Bertz CT molecular complexity index is 304. The molecule has 0 saturated carbocycles. The van der Waals surface area contributed by atoms with Crippen LogP contribution in [0, 0.1) is 0 Å². The van der Waals surface area contributed by atoms with Gasteiger partial charge in [0.25, 0.3) is 0 Å². The predicted molar refractivity (Wildman–Crippen MR) is 59.3 cm³/mol. The summed E-state index contributed by atoms with van der Waals surface area (Å²) in [6, 6.07) is 5.81. The van der Waals surface area contributed by atoms with E-state index in [1.807, 2.05) is 18.2 Å². The molecule has 14 heavy (non-hydrogen) atoms. The van der Waals surface area contributed by atoms with Crippen LogP contribution in [0.15, 0.2) is 18.2 Å². The normalized spacial score (nSPS) is 21.1. The van der Waals surface area contributed by atoms with E-state index in [1.54, 1.807) is 0 Å². The van der Waals surface area contributed by atoms with Gasteiger partial charge < -0.3 is 10.1 Å². The summed E-state index contributed by atoms with van der Waals surface area (Å²) in [4.78, 5) is 0. The van der Waals surface area contributed by atoms with E-state index in [0.29, 0.717) is 16.1 Å². The minimum atomic E-state index is 0.326. The van der Waals surface area contributed by atoms with Crippen molar-refractivity contribution < 1.29 is 4.74 Å². The maximum atomic E-state index is 6.02. The minimum Gasteiger partial charge on any atom is -0.379 e. The van der Waals surface area contributed by atoms with Gasteiger partial charge in [-0.05, 0) is 18.6 Å². The van der Waals surface area contributed by atoms with Crippen LogP contribution in [0.3, 0.4) is 0 Å². The Kier molecular flexibility index (Phi) is 3.16. The molecule has 1 heterocycles. The highest BCUT2D eigenvalue weighted by Gasteiger charge is 2.17. The van der Waals surface area contributed by atoms with Crippen LogP contribution in [0.5, 0.6) is 0 Å². The lowest BCUT2D eigenvalue weighted by molar-refractivity contribution is 0.195. The minimum absolute atomic E-state index is 0.326. The van der Waals surface area contributed by atoms with Crippen molar-refractivity contribution in [2.24, 2.45) is 0 Å². The Morgan fingerprint density at radius 1 is 1.29 bits per heavy atom. The molecule has 1 saturated heterocycles. The zero-order valence-electron chi connectivity index (χ0n) is 7.59. The van der Waals surface area contributed by atoms with E-state index >= 15 is 0 Å². The summed E-state index contributed by atoms with van der Waals surface area (Å²) >= 11 is 12.0. The number of ether oxygens (including phenoxy) is 1. The number of hydrogen-bond donors (Lipinski definition) is 1. The van der Waals surface area contributed by atoms with E-state index in [4.69, 9.17) is 27.9 Å². The van der Waals surface area contributed by atoms with Gasteiger partial charge in [-0.3, -0.25) is 0 Å². The van der Waals surface area contributed by atoms with Crippen molar-refractivity contribution in [1.29, 1.82) is 0 Å². The van der Waals surface area contributed by atoms with Crippen LogP contribution in [0.1, 0.15) is 6.42 Å². The highest BCUT2D eigenvalue weighted by Crippen LogP contribution is 2.31. The maximum Gasteiger partial charge on any atom is 0.0721 e. The van der Waals surface area contributed by atoms with E-state index in [9.17, 15) is 0 Å². The molecule has 0 spiro atoms. The zero-order chi connectivity index (χ0) is 9.97. The summed E-state index contributed by atoms with van der Waals surface area (Å²) in [6.07, 6.45) is 1.00. The van der Waals surface area contributed by atoms with Gasteiger partial charge in [-0.15, -0.1) is 0 Å². The van der Waals surface area contributed by atoms with E-state index in [0.717, 1.165) is 25.3 Å². The molecule has 1 atom stereocenters. The van der Waals surface area contributed by atoms with Gasteiger partial charge in [0, 0.05) is 6.61 Å². The maximum absolute atomic E-state index is 6.02. The van der Waals surface area contributed by atoms with Crippen LogP contribution >= 0.6 is 23.2 Å². The fraction of sp³-hybridized carbons (Fsp3) is 0.400. The van der Waals surface area contributed by atoms with Gasteiger partial charge in [-0.2, -0.15) is 0 Å². The fourth-order valence-corrected chi connectivity index (χ4v) is 1.99. The second-order valence-corrected chi connectivity index (χ2v) is 4.12. The molecule has 76 valence electrons. The van der Waals surface area contributed by atoms with Gasteiger partial charge >= 0.3 is 0 Å². The second-order valence-electron chi connectivity index (χ2n) is 3.30. The zero-order valence-corrected chi connectivity index (χ0v) is 9.11. The van der Waals surface area contributed by atoms with Crippen LogP contribution in [-0.4, -0.2) is 19.3 Å². The molecule has 0 aliphatic carbocycles. The van der Waals surface area contributed by atoms with Gasteiger partial charge in [0.05, 0.1) is 28.4 Å². The molecule has 1 unspecified atom stereocenters. The predicted octanol–water partition coefficient (Wildman–Crippen LogP) is 3.19. The summed E-state index contributed by atoms with van der Waals surface area (Å²) in [5.74, 6) is 0. The van der Waals surface area contributed by atoms with Crippen molar-refractivity contribution in [3.8, 4) is 0 Å². The first-order chi connectivity index (χ1) is 6.77. The standard InChI is InChI=1S/C10H11Cl2NO/c11-8-2-1-3-9(12)10(8)13-7-4-5-14-6-7/h1-3,7,13H,4-6H2. The first-order valence-corrected chi connectivity index (χ1v) is 5.31. The topological polar surface area (TPSA) is 21.3 Å². The first-order valence-electron chi connectivity index (χ1n) is 4.55. The van der Waals surface area contributed by atoms with Crippen molar-refractivity contribution in [2.45, 2.75) is 12.5 Å². The number of hydrogen-bond acceptors (Lipinski definition) is 2. The van der Waals surface area contributed by atoms with E-state index in [1.165, 1.54) is 0 Å². The summed E-state index contributed by atoms with van der Waals surface area (Å²) in [5.41, 5.74) is 0.811. The molecule has 2 rings (SSSR count). The molecule has 0 bridgehead atoms. The second kappa shape index (κ2) is 4.39. The molecular formula is C10H11Cl2NO. The van der Waals surface area contributed by atoms with Crippen molar-refractivity contribution >= 4 is 28.9 Å². The van der Waals surface area contributed by atoms with Crippen molar-refractivity contribution in [3.05, 3.63) is 28.2 Å². The lowest BCUT2D eigenvalue weighted by Crippen LogP contribution is -2.19. The van der Waals surface area contributed by atoms with Crippen molar-refractivity contribution in [1.82, 2.24) is 0 Å². The number of benzene rings is 1. The van der Waals surface area contributed by atoms with E-state index in [2.05, 4.69) is 5.32 Å². The largest absolute Gasteiger partial charge is 0.379 e. The quantitative estimate of drug-likeness (QED) is 0.845. The summed E-state index contributed by atoms with van der Waals surface area (Å²) in [5, 5.41) is 4.60. The highest BCUT2D eigenvalue weighted by atomic mass is 35.5. The Labute approximate surface area is 93.2 Å². The summed E-state index contributed by atoms with van der Waals surface area (Å²) < 4.78 is 5.26. The molecule has 1 aliphatic heterocycles. The smallest absolute Gasteiger partial charge is 0.0721 e. The number of anilines is 1. The third-order valence-electron chi connectivity index (χ3n) is 2.24. The van der Waals surface area contributed by atoms with Gasteiger partial charge in [-0.1, -0.05) is 29.3 Å².